The van der Waals surface area contributed by atoms with Crippen LogP contribution in [0.4, 0.5) is 14.6 Å². The molecule has 7 heteroatoms. The van der Waals surface area contributed by atoms with Gasteiger partial charge in [-0.15, -0.1) is 0 Å². The fraction of sp³-hybridized carbons (Fsp3) is 0.316. The van der Waals surface area contributed by atoms with E-state index in [0.29, 0.717) is 25.0 Å². The van der Waals surface area contributed by atoms with Crippen LogP contribution in [0.1, 0.15) is 22.5 Å². The predicted molar refractivity (Wildman–Crippen MR) is 93.3 cm³/mol. The number of fused-ring (bicyclic) bond motifs is 1. The Morgan fingerprint density at radius 3 is 2.38 bits per heavy atom. The smallest absolute Gasteiger partial charge is 0.410 e. The molecule has 0 saturated heterocycles. The van der Waals surface area contributed by atoms with Crippen molar-refractivity contribution in [1.29, 1.82) is 5.26 Å². The Balaban J connectivity index is 1.96. The van der Waals surface area contributed by atoms with Gasteiger partial charge in [0.2, 0.25) is 5.88 Å². The van der Waals surface area contributed by atoms with E-state index in [-0.39, 0.29) is 11.4 Å². The fourth-order valence-electron chi connectivity index (χ4n) is 2.98. The Kier molecular flexibility index (Phi) is 4.85. The van der Waals surface area contributed by atoms with E-state index < -0.39 is 12.0 Å². The molecule has 5 nitrogen and oxygen atoms in total. The molecule has 2 aromatic rings. The lowest BCUT2D eigenvalue weighted by molar-refractivity contribution is -0.133. The Hall–Kier alpha value is -3.01. The van der Waals surface area contributed by atoms with Gasteiger partial charge < -0.3 is 9.64 Å². The van der Waals surface area contributed by atoms with Gasteiger partial charge in [0.15, 0.2) is 11.4 Å². The van der Waals surface area contributed by atoms with Crippen molar-refractivity contribution in [2.75, 3.05) is 18.0 Å². The number of halogens is 2. The standard InChI is InChI=1S/C19H18F2N4O/c1-3-19(20,21)26-18-16(12-22)17(23-13(2)24-18)25-10-8-14-6-4-5-7-15(14)9-11-25/h3-7H,1,8-11H2,2H3. The first-order valence-corrected chi connectivity index (χ1v) is 8.24. The molecule has 0 unspecified atom stereocenters. The van der Waals surface area contributed by atoms with E-state index in [1.165, 1.54) is 11.1 Å². The van der Waals surface area contributed by atoms with Crippen LogP contribution >= 0.6 is 0 Å². The van der Waals surface area contributed by atoms with E-state index in [1.54, 1.807) is 6.92 Å². The molecule has 0 bridgehead atoms. The summed E-state index contributed by atoms with van der Waals surface area (Å²) >= 11 is 0. The van der Waals surface area contributed by atoms with Crippen molar-refractivity contribution in [3.8, 4) is 11.9 Å². The van der Waals surface area contributed by atoms with Crippen LogP contribution in [-0.2, 0) is 12.8 Å². The topological polar surface area (TPSA) is 62.0 Å². The molecule has 0 fully saturated rings. The van der Waals surface area contributed by atoms with Crippen molar-refractivity contribution < 1.29 is 13.5 Å². The van der Waals surface area contributed by atoms with Crippen LogP contribution in [0.3, 0.4) is 0 Å². The van der Waals surface area contributed by atoms with Gasteiger partial charge in [0, 0.05) is 19.2 Å². The van der Waals surface area contributed by atoms with Gasteiger partial charge in [-0.25, -0.2) is 4.98 Å². The zero-order valence-electron chi connectivity index (χ0n) is 14.4. The highest BCUT2D eigenvalue weighted by molar-refractivity contribution is 5.59. The van der Waals surface area contributed by atoms with Crippen LogP contribution in [0.25, 0.3) is 0 Å². The summed E-state index contributed by atoms with van der Waals surface area (Å²) in [6.45, 7) is 5.87. The van der Waals surface area contributed by atoms with Crippen LogP contribution in [0.5, 0.6) is 5.88 Å². The SMILES string of the molecule is C=CC(F)(F)Oc1nc(C)nc(N2CCc3ccccc3CC2)c1C#N. The average molecular weight is 356 g/mol. The van der Waals surface area contributed by atoms with Crippen LogP contribution < -0.4 is 9.64 Å². The zero-order valence-corrected chi connectivity index (χ0v) is 14.4. The van der Waals surface area contributed by atoms with Gasteiger partial charge in [0.25, 0.3) is 0 Å². The molecule has 2 heterocycles. The lowest BCUT2D eigenvalue weighted by atomic mass is 10.0. The van der Waals surface area contributed by atoms with E-state index in [9.17, 15) is 14.0 Å². The first-order valence-electron chi connectivity index (χ1n) is 8.24. The minimum absolute atomic E-state index is 0.0944. The zero-order chi connectivity index (χ0) is 18.7. The van der Waals surface area contributed by atoms with E-state index in [2.05, 4.69) is 33.4 Å². The maximum absolute atomic E-state index is 13.6. The quantitative estimate of drug-likeness (QED) is 0.786. The second-order valence-corrected chi connectivity index (χ2v) is 6.01. The first-order chi connectivity index (χ1) is 12.4. The summed E-state index contributed by atoms with van der Waals surface area (Å²) in [6.07, 6.45) is -1.68. The molecule has 1 aliphatic heterocycles. The minimum atomic E-state index is -3.61. The first kappa shape index (κ1) is 17.8. The third-order valence-electron chi connectivity index (χ3n) is 4.27. The second-order valence-electron chi connectivity index (χ2n) is 6.01. The molecule has 0 radical (unpaired) electrons. The van der Waals surface area contributed by atoms with Gasteiger partial charge in [-0.2, -0.15) is 19.0 Å². The highest BCUT2D eigenvalue weighted by Gasteiger charge is 2.31. The van der Waals surface area contributed by atoms with Crippen molar-refractivity contribution in [2.24, 2.45) is 0 Å². The molecule has 0 saturated carbocycles. The van der Waals surface area contributed by atoms with Gasteiger partial charge in [-0.1, -0.05) is 30.8 Å². The third kappa shape index (κ3) is 3.64. The van der Waals surface area contributed by atoms with Gasteiger partial charge in [0.1, 0.15) is 11.9 Å². The Morgan fingerprint density at radius 1 is 1.23 bits per heavy atom. The normalized spacial score (nSPS) is 14.2. The average Bonchev–Trinajstić information content (AvgIpc) is 2.83. The number of hydrogen-bond acceptors (Lipinski definition) is 5. The van der Waals surface area contributed by atoms with Gasteiger partial charge in [-0.05, 0) is 30.9 Å². The molecule has 0 amide bonds. The molecule has 0 spiro atoms. The fourth-order valence-corrected chi connectivity index (χ4v) is 2.98. The van der Waals surface area contributed by atoms with E-state index in [1.807, 2.05) is 23.1 Å². The lowest BCUT2D eigenvalue weighted by Gasteiger charge is -2.24. The number of aryl methyl sites for hydroxylation is 1. The molecule has 134 valence electrons. The summed E-state index contributed by atoms with van der Waals surface area (Å²) in [5.41, 5.74) is 2.39. The Morgan fingerprint density at radius 2 is 1.85 bits per heavy atom. The van der Waals surface area contributed by atoms with E-state index >= 15 is 0 Å². The van der Waals surface area contributed by atoms with Crippen molar-refractivity contribution in [3.05, 3.63) is 59.4 Å². The van der Waals surface area contributed by atoms with Gasteiger partial charge >= 0.3 is 6.11 Å². The number of aromatic nitrogens is 2. The molecular formula is C19H18F2N4O. The summed E-state index contributed by atoms with van der Waals surface area (Å²) in [5.74, 6) is 0.153. The van der Waals surface area contributed by atoms with Crippen LogP contribution in [0.2, 0.25) is 0 Å². The minimum Gasteiger partial charge on any atom is -0.410 e. The van der Waals surface area contributed by atoms with E-state index in [0.717, 1.165) is 12.8 Å². The van der Waals surface area contributed by atoms with Crippen molar-refractivity contribution in [3.63, 3.8) is 0 Å². The predicted octanol–water partition coefficient (Wildman–Crippen LogP) is 3.42. The summed E-state index contributed by atoms with van der Waals surface area (Å²) in [4.78, 5) is 10.1. The highest BCUT2D eigenvalue weighted by atomic mass is 19.3. The molecule has 1 aliphatic rings. The van der Waals surface area contributed by atoms with Crippen molar-refractivity contribution in [2.45, 2.75) is 25.9 Å². The molecule has 1 aromatic heterocycles. The number of anilines is 1. The Bertz CT molecular complexity index is 849. The van der Waals surface area contributed by atoms with Gasteiger partial charge in [0.05, 0.1) is 0 Å². The maximum Gasteiger partial charge on any atom is 0.420 e. The number of rotatable bonds is 4. The number of benzene rings is 1. The van der Waals surface area contributed by atoms with E-state index in [4.69, 9.17) is 0 Å². The largest absolute Gasteiger partial charge is 0.420 e. The van der Waals surface area contributed by atoms with Crippen molar-refractivity contribution >= 4 is 5.82 Å². The van der Waals surface area contributed by atoms with Crippen LogP contribution in [0, 0.1) is 18.3 Å². The second kappa shape index (κ2) is 7.08. The molecule has 0 aliphatic carbocycles. The molecular weight excluding hydrogens is 338 g/mol. The molecule has 3 rings (SSSR count). The molecule has 0 N–H and O–H groups in total. The molecule has 26 heavy (non-hydrogen) atoms. The summed E-state index contributed by atoms with van der Waals surface area (Å²) in [7, 11) is 0. The lowest BCUT2D eigenvalue weighted by Crippen LogP contribution is -2.29. The summed E-state index contributed by atoms with van der Waals surface area (Å²) in [5, 5.41) is 9.53. The maximum atomic E-state index is 13.6. The number of nitriles is 1. The molecule has 0 atom stereocenters. The van der Waals surface area contributed by atoms with Crippen molar-refractivity contribution in [1.82, 2.24) is 9.97 Å². The summed E-state index contributed by atoms with van der Waals surface area (Å²) in [6, 6.07) is 10.1. The number of nitrogens with zero attached hydrogens (tertiary/aromatic N) is 4. The van der Waals surface area contributed by atoms with Gasteiger partial charge in [-0.3, -0.25) is 0 Å². The third-order valence-corrected chi connectivity index (χ3v) is 4.27. The highest BCUT2D eigenvalue weighted by Crippen LogP contribution is 2.31. The Labute approximate surface area is 150 Å². The number of alkyl halides is 2. The number of hydrogen-bond donors (Lipinski definition) is 0. The van der Waals surface area contributed by atoms with Crippen LogP contribution in [0.15, 0.2) is 36.9 Å². The molecule has 1 aromatic carbocycles. The monoisotopic (exact) mass is 356 g/mol. The number of ether oxygens (including phenoxy) is 1. The van der Waals surface area contributed by atoms with Crippen LogP contribution in [-0.4, -0.2) is 29.2 Å². The summed E-state index contributed by atoms with van der Waals surface area (Å²) < 4.78 is 31.8.